The second kappa shape index (κ2) is 6.04. The molecule has 0 atom stereocenters. The molecule has 0 unspecified atom stereocenters. The largest absolute Gasteiger partial charge is 0.447 e. The van der Waals surface area contributed by atoms with Gasteiger partial charge in [-0.05, 0) is 51.0 Å². The van der Waals surface area contributed by atoms with E-state index in [4.69, 9.17) is 4.74 Å². The number of hydrogen-bond acceptors (Lipinski definition) is 3. The van der Waals surface area contributed by atoms with E-state index in [0.29, 0.717) is 25.4 Å². The molecule has 1 aromatic rings. The molecule has 2 amide bonds. The van der Waals surface area contributed by atoms with E-state index in [1.807, 2.05) is 4.90 Å². The minimum atomic E-state index is -0.347. The number of ether oxygens (including phenoxy) is 1. The topological polar surface area (TPSA) is 58.6 Å². The zero-order valence-corrected chi connectivity index (χ0v) is 15.0. The minimum Gasteiger partial charge on any atom is -0.447 e. The van der Waals surface area contributed by atoms with Crippen LogP contribution in [0.15, 0.2) is 18.2 Å². The molecule has 25 heavy (non-hydrogen) atoms. The van der Waals surface area contributed by atoms with Crippen molar-refractivity contribution in [1.82, 2.24) is 10.2 Å². The molecule has 2 heterocycles. The zero-order chi connectivity index (χ0) is 17.6. The third-order valence-corrected chi connectivity index (χ3v) is 5.99. The van der Waals surface area contributed by atoms with Crippen molar-refractivity contribution in [3.05, 3.63) is 34.9 Å². The third kappa shape index (κ3) is 3.12. The number of piperidine rings is 1. The molecule has 1 saturated carbocycles. The Balaban J connectivity index is 1.32. The van der Waals surface area contributed by atoms with Gasteiger partial charge in [0.2, 0.25) is 5.91 Å². The quantitative estimate of drug-likeness (QED) is 0.899. The number of aryl methyl sites for hydroxylation is 2. The van der Waals surface area contributed by atoms with E-state index in [1.54, 1.807) is 0 Å². The highest BCUT2D eigenvalue weighted by Crippen LogP contribution is 2.42. The third-order valence-electron chi connectivity index (χ3n) is 5.99. The van der Waals surface area contributed by atoms with Gasteiger partial charge in [0.05, 0.1) is 5.54 Å². The number of alkyl carbamates (subject to hydrolysis) is 1. The molecule has 5 heteroatoms. The van der Waals surface area contributed by atoms with E-state index in [2.05, 4.69) is 37.4 Å². The van der Waals surface area contributed by atoms with Crippen LogP contribution in [0.25, 0.3) is 0 Å². The molecule has 1 aromatic carbocycles. The molecule has 1 spiro atoms. The number of benzene rings is 1. The summed E-state index contributed by atoms with van der Waals surface area (Å²) in [6.45, 7) is 6.37. The summed E-state index contributed by atoms with van der Waals surface area (Å²) in [5.41, 5.74) is 3.77. The van der Waals surface area contributed by atoms with Crippen molar-refractivity contribution in [2.24, 2.45) is 5.92 Å². The number of cyclic esters (lactones) is 1. The fraction of sp³-hybridized carbons (Fsp3) is 0.600. The van der Waals surface area contributed by atoms with Gasteiger partial charge in [0.25, 0.3) is 0 Å². The summed E-state index contributed by atoms with van der Waals surface area (Å²) >= 11 is 0. The Kier molecular flexibility index (Phi) is 3.97. The Hall–Kier alpha value is -2.04. The lowest BCUT2D eigenvalue weighted by molar-refractivity contribution is -0.142. The SMILES string of the molecule is Cc1cc(C)cc(C2CCN(C(=O)C3CC4(COC(=O)N4)C3)CC2)c1. The van der Waals surface area contributed by atoms with E-state index in [0.717, 1.165) is 25.9 Å². The smallest absolute Gasteiger partial charge is 0.407 e. The van der Waals surface area contributed by atoms with E-state index >= 15 is 0 Å². The van der Waals surface area contributed by atoms with Crippen molar-refractivity contribution in [3.63, 3.8) is 0 Å². The molecule has 3 fully saturated rings. The lowest BCUT2D eigenvalue weighted by atomic mass is 9.68. The number of carbonyl (C=O) groups is 2. The molecule has 0 bridgehead atoms. The van der Waals surface area contributed by atoms with Crippen LogP contribution in [-0.2, 0) is 9.53 Å². The Morgan fingerprint density at radius 2 is 1.80 bits per heavy atom. The van der Waals surface area contributed by atoms with Gasteiger partial charge >= 0.3 is 6.09 Å². The molecular formula is C20H26N2O3. The van der Waals surface area contributed by atoms with Crippen molar-refractivity contribution in [2.75, 3.05) is 19.7 Å². The normalized spacial score (nSPS) is 29.3. The first-order valence-corrected chi connectivity index (χ1v) is 9.26. The van der Waals surface area contributed by atoms with Crippen molar-refractivity contribution in [2.45, 2.75) is 51.0 Å². The van der Waals surface area contributed by atoms with Crippen LogP contribution in [0.3, 0.4) is 0 Å². The van der Waals surface area contributed by atoms with Crippen LogP contribution in [0, 0.1) is 19.8 Å². The van der Waals surface area contributed by atoms with Crippen LogP contribution in [0.4, 0.5) is 4.79 Å². The summed E-state index contributed by atoms with van der Waals surface area (Å²) in [6, 6.07) is 6.78. The van der Waals surface area contributed by atoms with Gasteiger partial charge < -0.3 is 15.0 Å². The van der Waals surface area contributed by atoms with E-state index < -0.39 is 0 Å². The summed E-state index contributed by atoms with van der Waals surface area (Å²) in [6.07, 6.45) is 3.15. The maximum Gasteiger partial charge on any atom is 0.407 e. The van der Waals surface area contributed by atoms with Crippen molar-refractivity contribution in [3.8, 4) is 0 Å². The van der Waals surface area contributed by atoms with Crippen LogP contribution < -0.4 is 5.32 Å². The summed E-state index contributed by atoms with van der Waals surface area (Å²) in [4.78, 5) is 26.0. The van der Waals surface area contributed by atoms with Gasteiger partial charge in [0.15, 0.2) is 0 Å². The minimum absolute atomic E-state index is 0.0414. The first-order valence-electron chi connectivity index (χ1n) is 9.26. The Morgan fingerprint density at radius 1 is 1.16 bits per heavy atom. The Morgan fingerprint density at radius 3 is 2.36 bits per heavy atom. The van der Waals surface area contributed by atoms with E-state index in [-0.39, 0.29) is 23.5 Å². The number of hydrogen-bond donors (Lipinski definition) is 1. The molecule has 2 aliphatic heterocycles. The molecule has 1 N–H and O–H groups in total. The lowest BCUT2D eigenvalue weighted by Crippen LogP contribution is -2.58. The molecule has 3 aliphatic rings. The second-order valence-corrected chi connectivity index (χ2v) is 8.11. The summed E-state index contributed by atoms with van der Waals surface area (Å²) in [5.74, 6) is 0.850. The number of nitrogens with zero attached hydrogens (tertiary/aromatic N) is 1. The van der Waals surface area contributed by atoms with E-state index in [1.165, 1.54) is 16.7 Å². The molecular weight excluding hydrogens is 316 g/mol. The number of nitrogens with one attached hydrogen (secondary N) is 1. The van der Waals surface area contributed by atoms with Crippen molar-refractivity contribution < 1.29 is 14.3 Å². The second-order valence-electron chi connectivity index (χ2n) is 8.11. The van der Waals surface area contributed by atoms with Gasteiger partial charge in [-0.2, -0.15) is 0 Å². The van der Waals surface area contributed by atoms with Gasteiger partial charge in [-0.1, -0.05) is 29.3 Å². The monoisotopic (exact) mass is 342 g/mol. The number of amides is 2. The molecule has 2 saturated heterocycles. The summed E-state index contributed by atoms with van der Waals surface area (Å²) in [5, 5.41) is 2.86. The van der Waals surface area contributed by atoms with Crippen LogP contribution in [0.5, 0.6) is 0 Å². The fourth-order valence-corrected chi connectivity index (χ4v) is 4.71. The van der Waals surface area contributed by atoms with Gasteiger partial charge in [-0.3, -0.25) is 4.79 Å². The fourth-order valence-electron chi connectivity index (χ4n) is 4.71. The van der Waals surface area contributed by atoms with Gasteiger partial charge in [0, 0.05) is 19.0 Å². The first-order chi connectivity index (χ1) is 11.9. The van der Waals surface area contributed by atoms with Gasteiger partial charge in [-0.15, -0.1) is 0 Å². The highest BCUT2D eigenvalue weighted by molar-refractivity contribution is 5.81. The highest BCUT2D eigenvalue weighted by Gasteiger charge is 2.53. The first kappa shape index (κ1) is 16.4. The van der Waals surface area contributed by atoms with Crippen LogP contribution in [0.2, 0.25) is 0 Å². The van der Waals surface area contributed by atoms with E-state index in [9.17, 15) is 9.59 Å². The predicted octanol–water partition coefficient (Wildman–Crippen LogP) is 2.90. The maximum atomic E-state index is 12.7. The van der Waals surface area contributed by atoms with Crippen LogP contribution >= 0.6 is 0 Å². The zero-order valence-electron chi connectivity index (χ0n) is 15.0. The standard InChI is InChI=1S/C20H26N2O3/c1-13-7-14(2)9-16(8-13)15-3-5-22(6-4-15)18(23)17-10-20(11-17)12-25-19(24)21-20/h7-9,15,17H,3-6,10-12H2,1-2H3,(H,21,24). The van der Waals surface area contributed by atoms with Crippen LogP contribution in [-0.4, -0.2) is 42.1 Å². The molecule has 0 aromatic heterocycles. The lowest BCUT2D eigenvalue weighted by Gasteiger charge is -2.45. The average molecular weight is 342 g/mol. The predicted molar refractivity (Wildman–Crippen MR) is 94.4 cm³/mol. The molecule has 0 radical (unpaired) electrons. The van der Waals surface area contributed by atoms with Gasteiger partial charge in [0.1, 0.15) is 6.61 Å². The van der Waals surface area contributed by atoms with Crippen LogP contribution in [0.1, 0.15) is 48.3 Å². The number of carbonyl (C=O) groups excluding carboxylic acids is 2. The Labute approximate surface area is 148 Å². The maximum absolute atomic E-state index is 12.7. The highest BCUT2D eigenvalue weighted by atomic mass is 16.6. The molecule has 134 valence electrons. The Bertz CT molecular complexity index is 681. The molecule has 5 nitrogen and oxygen atoms in total. The molecule has 1 aliphatic carbocycles. The van der Waals surface area contributed by atoms with Gasteiger partial charge in [-0.25, -0.2) is 4.79 Å². The number of rotatable bonds is 2. The molecule has 4 rings (SSSR count). The number of likely N-dealkylation sites (tertiary alicyclic amines) is 1. The summed E-state index contributed by atoms with van der Waals surface area (Å²) in [7, 11) is 0. The average Bonchev–Trinajstić information content (AvgIpc) is 2.94. The van der Waals surface area contributed by atoms with Crippen molar-refractivity contribution in [1.29, 1.82) is 0 Å². The summed E-state index contributed by atoms with van der Waals surface area (Å²) < 4.78 is 4.99. The van der Waals surface area contributed by atoms with Crippen molar-refractivity contribution >= 4 is 12.0 Å².